The lowest BCUT2D eigenvalue weighted by Gasteiger charge is -2.07. The summed E-state index contributed by atoms with van der Waals surface area (Å²) in [5, 5.41) is 13.7. The smallest absolute Gasteiger partial charge is 0.275 e. The van der Waals surface area contributed by atoms with E-state index < -0.39 is 5.91 Å². The van der Waals surface area contributed by atoms with Gasteiger partial charge in [-0.25, -0.2) is 5.43 Å². The highest BCUT2D eigenvalue weighted by atomic mass is 16.3. The van der Waals surface area contributed by atoms with Gasteiger partial charge in [0.15, 0.2) is 0 Å². The lowest BCUT2D eigenvalue weighted by molar-refractivity contribution is 0.0952. The molecule has 0 aliphatic rings. The minimum Gasteiger partial charge on any atom is -0.507 e. The maximum atomic E-state index is 12.0. The van der Waals surface area contributed by atoms with E-state index in [-0.39, 0.29) is 11.3 Å². The summed E-state index contributed by atoms with van der Waals surface area (Å²) in [7, 11) is 0. The predicted molar refractivity (Wildman–Crippen MR) is 83.7 cm³/mol. The van der Waals surface area contributed by atoms with Crippen molar-refractivity contribution in [3.8, 4) is 5.75 Å². The molecule has 0 bridgehead atoms. The van der Waals surface area contributed by atoms with E-state index in [0.717, 1.165) is 16.8 Å². The summed E-state index contributed by atoms with van der Waals surface area (Å²) in [6, 6.07) is 12.4. The molecular weight excluding hydrogens is 264 g/mol. The second-order valence-corrected chi connectivity index (χ2v) is 4.97. The van der Waals surface area contributed by atoms with Crippen molar-refractivity contribution < 1.29 is 9.90 Å². The van der Waals surface area contributed by atoms with Crippen molar-refractivity contribution in [2.75, 3.05) is 0 Å². The van der Waals surface area contributed by atoms with Gasteiger partial charge in [0, 0.05) is 5.56 Å². The molecule has 2 N–H and O–H groups in total. The van der Waals surface area contributed by atoms with Crippen molar-refractivity contribution in [2.24, 2.45) is 5.10 Å². The van der Waals surface area contributed by atoms with Crippen LogP contribution in [0, 0.1) is 13.8 Å². The van der Waals surface area contributed by atoms with Gasteiger partial charge in [-0.15, -0.1) is 0 Å². The number of hydrogen-bond donors (Lipinski definition) is 2. The summed E-state index contributed by atoms with van der Waals surface area (Å²) >= 11 is 0. The van der Waals surface area contributed by atoms with Crippen LogP contribution < -0.4 is 5.43 Å². The Balaban J connectivity index is 2.17. The minimum absolute atomic E-state index is 0.0608. The summed E-state index contributed by atoms with van der Waals surface area (Å²) in [4.78, 5) is 12.0. The zero-order valence-electron chi connectivity index (χ0n) is 12.3. The third-order valence-electron chi connectivity index (χ3n) is 3.25. The van der Waals surface area contributed by atoms with Gasteiger partial charge in [0.2, 0.25) is 0 Å². The van der Waals surface area contributed by atoms with Gasteiger partial charge in [-0.1, -0.05) is 35.9 Å². The van der Waals surface area contributed by atoms with Crippen molar-refractivity contribution in [2.45, 2.75) is 20.8 Å². The molecule has 0 saturated carbocycles. The first-order valence-electron chi connectivity index (χ1n) is 6.69. The van der Waals surface area contributed by atoms with Gasteiger partial charge in [-0.2, -0.15) is 5.10 Å². The van der Waals surface area contributed by atoms with Crippen molar-refractivity contribution >= 4 is 11.6 Å². The molecule has 0 aliphatic heterocycles. The number of carbonyl (C=O) groups is 1. The maximum absolute atomic E-state index is 12.0. The van der Waals surface area contributed by atoms with Crippen LogP contribution in [0.25, 0.3) is 0 Å². The highest BCUT2D eigenvalue weighted by Gasteiger charge is 2.09. The van der Waals surface area contributed by atoms with E-state index in [1.165, 1.54) is 11.6 Å². The van der Waals surface area contributed by atoms with E-state index in [4.69, 9.17) is 0 Å². The molecule has 0 spiro atoms. The molecule has 0 fully saturated rings. The number of amides is 1. The van der Waals surface area contributed by atoms with Crippen LogP contribution in [0.1, 0.15) is 34.0 Å². The number of phenolic OH excluding ortho intramolecular Hbond substituents is 1. The molecule has 2 aromatic rings. The third-order valence-corrected chi connectivity index (χ3v) is 3.25. The Labute approximate surface area is 124 Å². The van der Waals surface area contributed by atoms with Crippen LogP contribution in [0.5, 0.6) is 5.75 Å². The number of benzene rings is 2. The molecular formula is C17H18N2O2. The monoisotopic (exact) mass is 282 g/mol. The van der Waals surface area contributed by atoms with Crippen LogP contribution in [0.15, 0.2) is 47.6 Å². The highest BCUT2D eigenvalue weighted by molar-refractivity contribution is 6.02. The number of rotatable bonds is 3. The predicted octanol–water partition coefficient (Wildman–Crippen LogP) is 3.16. The average molecular weight is 282 g/mol. The Bertz CT molecular complexity index is 706. The molecule has 0 aromatic heterocycles. The average Bonchev–Trinajstić information content (AvgIpc) is 2.45. The van der Waals surface area contributed by atoms with Crippen molar-refractivity contribution in [1.29, 1.82) is 0 Å². The fourth-order valence-electron chi connectivity index (χ4n) is 2.14. The molecule has 0 atom stereocenters. The SMILES string of the molecule is CC(=NNC(=O)c1ccccc1O)c1ccc(C)cc1C. The van der Waals surface area contributed by atoms with E-state index in [0.29, 0.717) is 0 Å². The Morgan fingerprint density at radius 3 is 2.48 bits per heavy atom. The molecule has 4 nitrogen and oxygen atoms in total. The zero-order valence-corrected chi connectivity index (χ0v) is 12.3. The number of phenols is 1. The molecule has 2 aromatic carbocycles. The summed E-state index contributed by atoms with van der Waals surface area (Å²) in [5.74, 6) is -0.494. The topological polar surface area (TPSA) is 61.7 Å². The van der Waals surface area contributed by atoms with Gasteiger partial charge in [0.1, 0.15) is 5.75 Å². The number of nitrogens with one attached hydrogen (secondary N) is 1. The van der Waals surface area contributed by atoms with Gasteiger partial charge in [-0.3, -0.25) is 4.79 Å². The van der Waals surface area contributed by atoms with E-state index >= 15 is 0 Å². The van der Waals surface area contributed by atoms with E-state index in [2.05, 4.69) is 16.6 Å². The van der Waals surface area contributed by atoms with Gasteiger partial charge in [0.05, 0.1) is 11.3 Å². The number of para-hydroxylation sites is 1. The Kier molecular flexibility index (Phi) is 4.38. The van der Waals surface area contributed by atoms with Crippen LogP contribution in [0.2, 0.25) is 0 Å². The summed E-state index contributed by atoms with van der Waals surface area (Å²) in [6.07, 6.45) is 0. The number of hydrazone groups is 1. The van der Waals surface area contributed by atoms with Crippen LogP contribution >= 0.6 is 0 Å². The van der Waals surface area contributed by atoms with Gasteiger partial charge in [-0.05, 0) is 38.5 Å². The number of nitrogens with zero attached hydrogens (tertiary/aromatic N) is 1. The quantitative estimate of drug-likeness (QED) is 0.671. The molecule has 21 heavy (non-hydrogen) atoms. The number of carbonyl (C=O) groups excluding carboxylic acids is 1. The lowest BCUT2D eigenvalue weighted by Crippen LogP contribution is -2.19. The maximum Gasteiger partial charge on any atom is 0.275 e. The summed E-state index contributed by atoms with van der Waals surface area (Å²) < 4.78 is 0. The first-order chi connectivity index (χ1) is 9.99. The standard InChI is InChI=1S/C17H18N2O2/c1-11-8-9-14(12(2)10-11)13(3)18-19-17(21)15-6-4-5-7-16(15)20/h4-10,20H,1-3H3,(H,19,21). The first-order valence-corrected chi connectivity index (χ1v) is 6.69. The Morgan fingerprint density at radius 2 is 1.81 bits per heavy atom. The summed E-state index contributed by atoms with van der Waals surface area (Å²) in [5.41, 5.74) is 6.66. The minimum atomic E-state index is -0.433. The number of aryl methyl sites for hydroxylation is 2. The molecule has 0 unspecified atom stereocenters. The normalized spacial score (nSPS) is 11.3. The molecule has 108 valence electrons. The van der Waals surface area contributed by atoms with E-state index in [9.17, 15) is 9.90 Å². The first kappa shape index (κ1) is 14.8. The molecule has 0 aliphatic carbocycles. The molecule has 1 amide bonds. The zero-order chi connectivity index (χ0) is 15.4. The van der Waals surface area contributed by atoms with Crippen LogP contribution in [-0.4, -0.2) is 16.7 Å². The summed E-state index contributed by atoms with van der Waals surface area (Å²) in [6.45, 7) is 5.87. The van der Waals surface area contributed by atoms with Crippen molar-refractivity contribution in [1.82, 2.24) is 5.43 Å². The van der Waals surface area contributed by atoms with Crippen LogP contribution in [0.3, 0.4) is 0 Å². The third kappa shape index (κ3) is 3.48. The van der Waals surface area contributed by atoms with Crippen molar-refractivity contribution in [3.63, 3.8) is 0 Å². The Morgan fingerprint density at radius 1 is 1.10 bits per heavy atom. The number of aromatic hydroxyl groups is 1. The fraction of sp³-hybridized carbons (Fsp3) is 0.176. The number of hydrogen-bond acceptors (Lipinski definition) is 3. The highest BCUT2D eigenvalue weighted by Crippen LogP contribution is 2.15. The lowest BCUT2D eigenvalue weighted by atomic mass is 10.0. The molecule has 4 heteroatoms. The molecule has 0 saturated heterocycles. The van der Waals surface area contributed by atoms with E-state index in [1.54, 1.807) is 18.2 Å². The molecule has 0 heterocycles. The van der Waals surface area contributed by atoms with Gasteiger partial charge >= 0.3 is 0 Å². The van der Waals surface area contributed by atoms with Gasteiger partial charge < -0.3 is 5.11 Å². The second-order valence-electron chi connectivity index (χ2n) is 4.97. The fourth-order valence-corrected chi connectivity index (χ4v) is 2.14. The molecule has 2 rings (SSSR count). The molecule has 0 radical (unpaired) electrons. The van der Waals surface area contributed by atoms with Crippen LogP contribution in [-0.2, 0) is 0 Å². The van der Waals surface area contributed by atoms with Gasteiger partial charge in [0.25, 0.3) is 5.91 Å². The van der Waals surface area contributed by atoms with E-state index in [1.807, 2.05) is 32.9 Å². The second kappa shape index (κ2) is 6.22. The Hall–Kier alpha value is -2.62. The van der Waals surface area contributed by atoms with Crippen molar-refractivity contribution in [3.05, 3.63) is 64.7 Å². The largest absolute Gasteiger partial charge is 0.507 e. The van der Waals surface area contributed by atoms with Crippen LogP contribution in [0.4, 0.5) is 0 Å².